The second kappa shape index (κ2) is 5.23. The van der Waals surface area contributed by atoms with Crippen LogP contribution in [0.2, 0.25) is 0 Å². The van der Waals surface area contributed by atoms with Crippen LogP contribution >= 0.6 is 0 Å². The van der Waals surface area contributed by atoms with Gasteiger partial charge in [-0.1, -0.05) is 60.7 Å². The molecule has 2 aromatic carbocycles. The van der Waals surface area contributed by atoms with Crippen molar-refractivity contribution in [2.75, 3.05) is 13.1 Å². The Morgan fingerprint density at radius 2 is 1.09 bits per heavy atom. The van der Waals surface area contributed by atoms with Crippen molar-refractivity contribution in [3.8, 4) is 0 Å². The van der Waals surface area contributed by atoms with Gasteiger partial charge in [0.2, 0.25) is 11.8 Å². The third kappa shape index (κ3) is 1.91. The fraction of sp³-hybridized carbons (Fsp3) is 0.263. The van der Waals surface area contributed by atoms with Gasteiger partial charge in [0.25, 0.3) is 0 Å². The third-order valence-corrected chi connectivity index (χ3v) is 5.19. The molecule has 4 heteroatoms. The second-order valence-electron chi connectivity index (χ2n) is 6.22. The molecule has 2 aromatic rings. The Morgan fingerprint density at radius 3 is 1.48 bits per heavy atom. The molecule has 0 bridgehead atoms. The van der Waals surface area contributed by atoms with E-state index >= 15 is 0 Å². The highest BCUT2D eigenvalue weighted by Gasteiger charge is 2.64. The molecule has 2 saturated heterocycles. The van der Waals surface area contributed by atoms with E-state index in [1.807, 2.05) is 60.7 Å². The van der Waals surface area contributed by atoms with Crippen LogP contribution in [0, 0.1) is 5.41 Å². The normalized spacial score (nSPS) is 29.6. The first kappa shape index (κ1) is 14.0. The van der Waals surface area contributed by atoms with Gasteiger partial charge in [0.1, 0.15) is 5.41 Å². The van der Waals surface area contributed by atoms with Crippen LogP contribution in [-0.4, -0.2) is 24.9 Å². The Labute approximate surface area is 134 Å². The van der Waals surface area contributed by atoms with Gasteiger partial charge in [-0.15, -0.1) is 0 Å². The van der Waals surface area contributed by atoms with E-state index in [1.54, 1.807) is 0 Å². The maximum Gasteiger partial charge on any atom is 0.237 e. The molecule has 0 radical (unpaired) electrons. The van der Waals surface area contributed by atoms with E-state index in [2.05, 4.69) is 10.6 Å². The Kier molecular flexibility index (Phi) is 3.18. The summed E-state index contributed by atoms with van der Waals surface area (Å²) in [6.07, 6.45) is 0. The van der Waals surface area contributed by atoms with E-state index in [9.17, 15) is 9.59 Å². The van der Waals surface area contributed by atoms with Crippen LogP contribution in [0.3, 0.4) is 0 Å². The summed E-state index contributed by atoms with van der Waals surface area (Å²) in [7, 11) is 0. The van der Waals surface area contributed by atoms with E-state index in [0.717, 1.165) is 11.1 Å². The quantitative estimate of drug-likeness (QED) is 0.831. The molecule has 23 heavy (non-hydrogen) atoms. The molecule has 3 atom stereocenters. The molecule has 2 fully saturated rings. The average Bonchev–Trinajstić information content (AvgIpc) is 3.12. The Hall–Kier alpha value is -2.62. The molecule has 2 heterocycles. The minimum absolute atomic E-state index is 0.149. The highest BCUT2D eigenvalue weighted by atomic mass is 16.2. The number of carbonyl (C=O) groups excluding carboxylic acids is 2. The van der Waals surface area contributed by atoms with Gasteiger partial charge in [-0.05, 0) is 11.1 Å². The highest BCUT2D eigenvalue weighted by molar-refractivity contribution is 6.10. The van der Waals surface area contributed by atoms with Gasteiger partial charge in [-0.3, -0.25) is 9.59 Å². The zero-order valence-corrected chi connectivity index (χ0v) is 12.7. The van der Waals surface area contributed by atoms with Gasteiger partial charge in [-0.2, -0.15) is 0 Å². The molecule has 2 N–H and O–H groups in total. The van der Waals surface area contributed by atoms with Crippen LogP contribution in [0.15, 0.2) is 60.7 Å². The number of nitrogens with one attached hydrogen (secondary N) is 2. The summed E-state index contributed by atoms with van der Waals surface area (Å²) in [5.41, 5.74) is 1.01. The molecular weight excluding hydrogens is 288 g/mol. The lowest BCUT2D eigenvalue weighted by molar-refractivity contribution is -0.139. The minimum Gasteiger partial charge on any atom is -0.354 e. The van der Waals surface area contributed by atoms with Crippen molar-refractivity contribution in [2.24, 2.45) is 5.41 Å². The lowest BCUT2D eigenvalue weighted by atomic mass is 9.65. The predicted octanol–water partition coefficient (Wildman–Crippen LogP) is 1.80. The van der Waals surface area contributed by atoms with Gasteiger partial charge >= 0.3 is 0 Å². The van der Waals surface area contributed by atoms with E-state index in [0.29, 0.717) is 13.1 Å². The monoisotopic (exact) mass is 306 g/mol. The molecule has 0 aromatic heterocycles. The predicted molar refractivity (Wildman–Crippen MR) is 86.8 cm³/mol. The number of benzene rings is 2. The van der Waals surface area contributed by atoms with Crippen LogP contribution in [0.1, 0.15) is 23.0 Å². The lowest BCUT2D eigenvalue weighted by Crippen LogP contribution is -2.44. The van der Waals surface area contributed by atoms with Crippen molar-refractivity contribution in [1.82, 2.24) is 10.6 Å². The van der Waals surface area contributed by atoms with Crippen LogP contribution in [0.25, 0.3) is 0 Å². The lowest BCUT2D eigenvalue weighted by Gasteiger charge is -2.31. The Balaban J connectivity index is 1.87. The molecule has 2 aliphatic heterocycles. The van der Waals surface area contributed by atoms with Crippen molar-refractivity contribution in [2.45, 2.75) is 11.8 Å². The van der Waals surface area contributed by atoms with Crippen molar-refractivity contribution < 1.29 is 9.59 Å². The smallest absolute Gasteiger partial charge is 0.237 e. The van der Waals surface area contributed by atoms with Gasteiger partial charge in [-0.25, -0.2) is 0 Å². The first-order chi connectivity index (χ1) is 11.2. The molecule has 4 rings (SSSR count). The van der Waals surface area contributed by atoms with Crippen LogP contribution in [-0.2, 0) is 9.59 Å². The standard InChI is InChI=1S/C19H18N2O2/c22-17-19(15(11-20-17)13-7-3-1-4-8-13)16(12-21-18(19)23)14-9-5-2-6-10-14/h1-10,15-16H,11-12H2,(H,20,22)(H,21,23)/t15-,16+,19?. The van der Waals surface area contributed by atoms with Crippen molar-refractivity contribution >= 4 is 11.8 Å². The fourth-order valence-electron chi connectivity index (χ4n) is 4.12. The zero-order valence-electron chi connectivity index (χ0n) is 12.7. The number of amides is 2. The molecule has 0 aliphatic carbocycles. The summed E-state index contributed by atoms with van der Waals surface area (Å²) >= 11 is 0. The fourth-order valence-corrected chi connectivity index (χ4v) is 4.12. The van der Waals surface area contributed by atoms with Crippen LogP contribution in [0.5, 0.6) is 0 Å². The molecule has 4 nitrogen and oxygen atoms in total. The molecule has 116 valence electrons. The first-order valence-electron chi connectivity index (χ1n) is 7.91. The molecule has 2 aliphatic rings. The Bertz CT molecular complexity index is 677. The maximum absolute atomic E-state index is 12.8. The van der Waals surface area contributed by atoms with Crippen LogP contribution in [0.4, 0.5) is 0 Å². The summed E-state index contributed by atoms with van der Waals surface area (Å²) in [4.78, 5) is 25.6. The molecule has 0 saturated carbocycles. The zero-order chi connectivity index (χ0) is 15.9. The average molecular weight is 306 g/mol. The van der Waals surface area contributed by atoms with E-state index in [-0.39, 0.29) is 23.7 Å². The van der Waals surface area contributed by atoms with Crippen LogP contribution < -0.4 is 10.6 Å². The van der Waals surface area contributed by atoms with Crippen molar-refractivity contribution in [3.63, 3.8) is 0 Å². The van der Waals surface area contributed by atoms with Gasteiger partial charge in [0.15, 0.2) is 0 Å². The molecular formula is C19H18N2O2. The van der Waals surface area contributed by atoms with Crippen molar-refractivity contribution in [3.05, 3.63) is 71.8 Å². The summed E-state index contributed by atoms with van der Waals surface area (Å²) in [5.74, 6) is -0.613. The number of carbonyl (C=O) groups is 2. The number of hydrogen-bond acceptors (Lipinski definition) is 2. The SMILES string of the molecule is O=C1NC[C@H](c2ccccc2)C12C(=O)NC[C@H]2c1ccccc1. The van der Waals surface area contributed by atoms with Gasteiger partial charge in [0.05, 0.1) is 0 Å². The number of rotatable bonds is 2. The maximum atomic E-state index is 12.8. The minimum atomic E-state index is -1.05. The largest absolute Gasteiger partial charge is 0.354 e. The van der Waals surface area contributed by atoms with E-state index < -0.39 is 5.41 Å². The summed E-state index contributed by atoms with van der Waals surface area (Å²) in [6, 6.07) is 19.7. The van der Waals surface area contributed by atoms with E-state index in [1.165, 1.54) is 0 Å². The number of hydrogen-bond donors (Lipinski definition) is 2. The second-order valence-corrected chi connectivity index (χ2v) is 6.22. The first-order valence-corrected chi connectivity index (χ1v) is 7.91. The molecule has 1 spiro atoms. The molecule has 2 amide bonds. The third-order valence-electron chi connectivity index (χ3n) is 5.19. The summed E-state index contributed by atoms with van der Waals surface area (Å²) in [6.45, 7) is 0.999. The van der Waals surface area contributed by atoms with E-state index in [4.69, 9.17) is 0 Å². The Morgan fingerprint density at radius 1 is 0.696 bits per heavy atom. The van der Waals surface area contributed by atoms with Gasteiger partial charge < -0.3 is 10.6 Å². The summed E-state index contributed by atoms with van der Waals surface area (Å²) in [5, 5.41) is 5.86. The van der Waals surface area contributed by atoms with Gasteiger partial charge in [0, 0.05) is 24.9 Å². The summed E-state index contributed by atoms with van der Waals surface area (Å²) < 4.78 is 0. The highest BCUT2D eigenvalue weighted by Crippen LogP contribution is 2.52. The van der Waals surface area contributed by atoms with Crippen molar-refractivity contribution in [1.29, 1.82) is 0 Å². The topological polar surface area (TPSA) is 58.2 Å². The molecule has 1 unspecified atom stereocenters.